The standard InChI is InChI=1S/C14H26O4/c1-3-5-6-7-8-9-12(4-2)18-14(17)11-10-13(15)16/h12H,3-11H2,1-2H3,(H,15,16). The van der Waals surface area contributed by atoms with Gasteiger partial charge in [0.25, 0.3) is 0 Å². The van der Waals surface area contributed by atoms with Gasteiger partial charge in [-0.25, -0.2) is 0 Å². The average Bonchev–Trinajstić information content (AvgIpc) is 2.34. The molecule has 0 bridgehead atoms. The highest BCUT2D eigenvalue weighted by Gasteiger charge is 2.13. The summed E-state index contributed by atoms with van der Waals surface area (Å²) in [5, 5.41) is 8.47. The minimum Gasteiger partial charge on any atom is -0.481 e. The fourth-order valence-corrected chi connectivity index (χ4v) is 1.78. The van der Waals surface area contributed by atoms with Crippen molar-refractivity contribution in [2.24, 2.45) is 0 Å². The van der Waals surface area contributed by atoms with Crippen molar-refractivity contribution >= 4 is 11.9 Å². The number of aliphatic carboxylic acids is 1. The molecule has 0 aliphatic heterocycles. The Morgan fingerprint density at radius 3 is 2.28 bits per heavy atom. The maximum Gasteiger partial charge on any atom is 0.306 e. The molecule has 1 N–H and O–H groups in total. The fourth-order valence-electron chi connectivity index (χ4n) is 1.78. The van der Waals surface area contributed by atoms with Crippen LogP contribution in [0.4, 0.5) is 0 Å². The topological polar surface area (TPSA) is 63.6 Å². The first kappa shape index (κ1) is 16.9. The number of ether oxygens (including phenoxy) is 1. The van der Waals surface area contributed by atoms with Crippen LogP contribution in [0.1, 0.15) is 71.6 Å². The zero-order valence-corrected chi connectivity index (χ0v) is 11.6. The predicted molar refractivity (Wildman–Crippen MR) is 70.4 cm³/mol. The van der Waals surface area contributed by atoms with Crippen molar-refractivity contribution in [2.45, 2.75) is 77.7 Å². The highest BCUT2D eigenvalue weighted by molar-refractivity contribution is 5.76. The number of unbranched alkanes of at least 4 members (excludes halogenated alkanes) is 4. The third-order valence-electron chi connectivity index (χ3n) is 2.93. The maximum atomic E-state index is 11.4. The molecule has 0 spiro atoms. The molecule has 4 heteroatoms. The molecular formula is C14H26O4. The molecule has 0 rings (SSSR count). The van der Waals surface area contributed by atoms with E-state index in [1.54, 1.807) is 0 Å². The zero-order chi connectivity index (χ0) is 13.8. The molecule has 1 unspecified atom stereocenters. The van der Waals surface area contributed by atoms with E-state index >= 15 is 0 Å². The Kier molecular flexibility index (Phi) is 10.4. The first-order valence-corrected chi connectivity index (χ1v) is 7.01. The van der Waals surface area contributed by atoms with Gasteiger partial charge < -0.3 is 9.84 Å². The van der Waals surface area contributed by atoms with Crippen LogP contribution in [-0.2, 0) is 14.3 Å². The highest BCUT2D eigenvalue weighted by Crippen LogP contribution is 2.12. The smallest absolute Gasteiger partial charge is 0.306 e. The van der Waals surface area contributed by atoms with Gasteiger partial charge in [0.05, 0.1) is 12.8 Å². The van der Waals surface area contributed by atoms with E-state index in [0.717, 1.165) is 19.3 Å². The van der Waals surface area contributed by atoms with Gasteiger partial charge in [-0.1, -0.05) is 39.5 Å². The summed E-state index contributed by atoms with van der Waals surface area (Å²) in [5.41, 5.74) is 0. The molecule has 0 aromatic rings. The molecule has 106 valence electrons. The molecule has 0 saturated heterocycles. The lowest BCUT2D eigenvalue weighted by Gasteiger charge is -2.15. The van der Waals surface area contributed by atoms with E-state index in [0.29, 0.717) is 0 Å². The zero-order valence-electron chi connectivity index (χ0n) is 11.6. The van der Waals surface area contributed by atoms with E-state index in [2.05, 4.69) is 6.92 Å². The monoisotopic (exact) mass is 258 g/mol. The molecule has 0 heterocycles. The van der Waals surface area contributed by atoms with Gasteiger partial charge in [0.2, 0.25) is 0 Å². The lowest BCUT2D eigenvalue weighted by Crippen LogP contribution is -2.18. The lowest BCUT2D eigenvalue weighted by atomic mass is 10.1. The van der Waals surface area contributed by atoms with Crippen molar-refractivity contribution in [2.75, 3.05) is 0 Å². The molecule has 0 aliphatic rings. The van der Waals surface area contributed by atoms with Crippen molar-refractivity contribution in [3.63, 3.8) is 0 Å². The number of rotatable bonds is 11. The quantitative estimate of drug-likeness (QED) is 0.455. The molecule has 0 aliphatic carbocycles. The van der Waals surface area contributed by atoms with Gasteiger partial charge >= 0.3 is 11.9 Å². The maximum absolute atomic E-state index is 11.4. The molecule has 4 nitrogen and oxygen atoms in total. The van der Waals surface area contributed by atoms with Crippen LogP contribution in [0.5, 0.6) is 0 Å². The molecule has 0 radical (unpaired) electrons. The minimum absolute atomic E-state index is 0.0261. The summed E-state index contributed by atoms with van der Waals surface area (Å²) in [6.45, 7) is 4.17. The first-order chi connectivity index (χ1) is 8.60. The molecule has 0 amide bonds. The summed E-state index contributed by atoms with van der Waals surface area (Å²) in [6.07, 6.45) is 7.44. The van der Waals surface area contributed by atoms with E-state index in [1.807, 2.05) is 6.92 Å². The lowest BCUT2D eigenvalue weighted by molar-refractivity contribution is -0.152. The van der Waals surface area contributed by atoms with Crippen LogP contribution in [-0.4, -0.2) is 23.1 Å². The van der Waals surface area contributed by atoms with Crippen molar-refractivity contribution < 1.29 is 19.4 Å². The van der Waals surface area contributed by atoms with Crippen molar-refractivity contribution in [3.8, 4) is 0 Å². The third-order valence-corrected chi connectivity index (χ3v) is 2.93. The summed E-state index contributed by atoms with van der Waals surface area (Å²) < 4.78 is 5.25. The van der Waals surface area contributed by atoms with Crippen LogP contribution in [0.3, 0.4) is 0 Å². The normalized spacial score (nSPS) is 12.1. The number of hydrogen-bond acceptors (Lipinski definition) is 3. The Bertz CT molecular complexity index is 238. The van der Waals surface area contributed by atoms with Crippen LogP contribution < -0.4 is 0 Å². The van der Waals surface area contributed by atoms with Gasteiger partial charge in [-0.2, -0.15) is 0 Å². The van der Waals surface area contributed by atoms with E-state index in [1.165, 1.54) is 25.7 Å². The Labute approximate surface area is 110 Å². The summed E-state index contributed by atoms with van der Waals surface area (Å²) in [7, 11) is 0. The number of carbonyl (C=O) groups is 2. The second kappa shape index (κ2) is 11.1. The van der Waals surface area contributed by atoms with Crippen LogP contribution in [0.25, 0.3) is 0 Å². The van der Waals surface area contributed by atoms with E-state index < -0.39 is 11.9 Å². The Hall–Kier alpha value is -1.06. The van der Waals surface area contributed by atoms with Crippen molar-refractivity contribution in [1.29, 1.82) is 0 Å². The van der Waals surface area contributed by atoms with Crippen LogP contribution in [0.2, 0.25) is 0 Å². The van der Waals surface area contributed by atoms with Gasteiger partial charge in [-0.15, -0.1) is 0 Å². The van der Waals surface area contributed by atoms with Crippen LogP contribution in [0, 0.1) is 0 Å². The number of carbonyl (C=O) groups excluding carboxylic acids is 1. The second-order valence-corrected chi connectivity index (χ2v) is 4.62. The SMILES string of the molecule is CCCCCCCC(CC)OC(=O)CCC(=O)O. The molecule has 1 atom stereocenters. The Balaban J connectivity index is 3.68. The fraction of sp³-hybridized carbons (Fsp3) is 0.857. The minimum atomic E-state index is -0.959. The number of esters is 1. The van der Waals surface area contributed by atoms with Crippen molar-refractivity contribution in [3.05, 3.63) is 0 Å². The summed E-state index contributed by atoms with van der Waals surface area (Å²) >= 11 is 0. The predicted octanol–water partition coefficient (Wildman–Crippen LogP) is 3.53. The van der Waals surface area contributed by atoms with E-state index in [9.17, 15) is 9.59 Å². The number of hydrogen-bond donors (Lipinski definition) is 1. The highest BCUT2D eigenvalue weighted by atomic mass is 16.5. The van der Waals surface area contributed by atoms with Gasteiger partial charge in [0.1, 0.15) is 6.10 Å². The van der Waals surface area contributed by atoms with Crippen molar-refractivity contribution in [1.82, 2.24) is 0 Å². The van der Waals surface area contributed by atoms with Gasteiger partial charge in [0.15, 0.2) is 0 Å². The number of carboxylic acid groups (broad SMARTS) is 1. The molecule has 18 heavy (non-hydrogen) atoms. The van der Waals surface area contributed by atoms with E-state index in [4.69, 9.17) is 9.84 Å². The Morgan fingerprint density at radius 1 is 1.06 bits per heavy atom. The van der Waals surface area contributed by atoms with Crippen LogP contribution in [0.15, 0.2) is 0 Å². The molecule has 0 aromatic heterocycles. The summed E-state index contributed by atoms with van der Waals surface area (Å²) in [6, 6.07) is 0. The van der Waals surface area contributed by atoms with Crippen LogP contribution >= 0.6 is 0 Å². The van der Waals surface area contributed by atoms with Gasteiger partial charge in [-0.3, -0.25) is 9.59 Å². The molecule has 0 aromatic carbocycles. The summed E-state index contributed by atoms with van der Waals surface area (Å²) in [4.78, 5) is 21.7. The average molecular weight is 258 g/mol. The van der Waals surface area contributed by atoms with Gasteiger partial charge in [-0.05, 0) is 19.3 Å². The molecular weight excluding hydrogens is 232 g/mol. The first-order valence-electron chi connectivity index (χ1n) is 7.01. The van der Waals surface area contributed by atoms with E-state index in [-0.39, 0.29) is 18.9 Å². The third kappa shape index (κ3) is 10.1. The number of carboxylic acids is 1. The molecule has 0 fully saturated rings. The van der Waals surface area contributed by atoms with Gasteiger partial charge in [0, 0.05) is 0 Å². The summed E-state index contributed by atoms with van der Waals surface area (Å²) in [5.74, 6) is -1.35. The second-order valence-electron chi connectivity index (χ2n) is 4.62. The largest absolute Gasteiger partial charge is 0.481 e. The Morgan fingerprint density at radius 2 is 1.72 bits per heavy atom. The molecule has 0 saturated carbocycles.